The van der Waals surface area contributed by atoms with Crippen LogP contribution in [0.15, 0.2) is 59.5 Å². The average Bonchev–Trinajstić information content (AvgIpc) is 2.83. The zero-order chi connectivity index (χ0) is 22.4. The number of nitrogens with zero attached hydrogens (tertiary/aromatic N) is 2. The first-order valence-corrected chi connectivity index (χ1v) is 12.3. The number of sulfonamides is 1. The largest absolute Gasteiger partial charge is 0.383 e. The molecule has 1 aliphatic carbocycles. The lowest BCUT2D eigenvalue weighted by molar-refractivity contribution is 0.204. The number of fused-ring (bicyclic) bond motifs is 1. The van der Waals surface area contributed by atoms with Crippen LogP contribution < -0.4 is 10.0 Å². The molecule has 7 nitrogen and oxygen atoms in total. The van der Waals surface area contributed by atoms with Gasteiger partial charge in [0, 0.05) is 25.8 Å². The summed E-state index contributed by atoms with van der Waals surface area (Å²) in [5.74, 6) is 0.671. The van der Waals surface area contributed by atoms with E-state index in [-0.39, 0.29) is 11.4 Å². The second-order valence-electron chi connectivity index (χ2n) is 7.88. The molecule has 8 heteroatoms. The molecule has 3 aromatic rings. The number of aromatic nitrogens is 2. The van der Waals surface area contributed by atoms with Crippen LogP contribution in [0, 0.1) is 0 Å². The van der Waals surface area contributed by atoms with Gasteiger partial charge < -0.3 is 10.1 Å². The van der Waals surface area contributed by atoms with Crippen molar-refractivity contribution in [2.75, 3.05) is 25.6 Å². The molecule has 0 atom stereocenters. The van der Waals surface area contributed by atoms with Gasteiger partial charge in [-0.25, -0.2) is 13.1 Å². The molecule has 1 heterocycles. The highest BCUT2D eigenvalue weighted by Gasteiger charge is 2.13. The number of hydrogen-bond donors (Lipinski definition) is 2. The normalized spacial score (nSPS) is 13.5. The van der Waals surface area contributed by atoms with Gasteiger partial charge in [-0.3, -0.25) is 0 Å². The number of methoxy groups -OCH3 is 1. The molecule has 4 rings (SSSR count). The van der Waals surface area contributed by atoms with Crippen LogP contribution in [0.4, 0.5) is 5.82 Å². The Morgan fingerprint density at radius 1 is 0.938 bits per heavy atom. The lowest BCUT2D eigenvalue weighted by Crippen LogP contribution is -2.27. The van der Waals surface area contributed by atoms with Gasteiger partial charge >= 0.3 is 0 Å². The van der Waals surface area contributed by atoms with Crippen molar-refractivity contribution in [2.24, 2.45) is 0 Å². The number of benzene rings is 2. The Hall–Kier alpha value is -2.81. The predicted octanol–water partition coefficient (Wildman–Crippen LogP) is 3.56. The average molecular weight is 453 g/mol. The molecule has 0 saturated carbocycles. The summed E-state index contributed by atoms with van der Waals surface area (Å²) in [6.07, 6.45) is 4.83. The number of ether oxygens (including phenoxy) is 1. The quantitative estimate of drug-likeness (QED) is 0.482. The van der Waals surface area contributed by atoms with Crippen molar-refractivity contribution in [3.05, 3.63) is 71.3 Å². The van der Waals surface area contributed by atoms with Crippen LogP contribution >= 0.6 is 0 Å². The van der Waals surface area contributed by atoms with Crippen LogP contribution in [0.2, 0.25) is 0 Å². The van der Waals surface area contributed by atoms with Crippen molar-refractivity contribution in [1.29, 1.82) is 0 Å². The minimum Gasteiger partial charge on any atom is -0.383 e. The molecule has 0 aliphatic heterocycles. The lowest BCUT2D eigenvalue weighted by atomic mass is 9.90. The number of aryl methyl sites for hydroxylation is 2. The molecule has 1 aliphatic rings. The van der Waals surface area contributed by atoms with E-state index in [1.165, 1.54) is 37.5 Å². The molecular weight excluding hydrogens is 424 g/mol. The Bertz CT molecular complexity index is 1150. The van der Waals surface area contributed by atoms with Crippen LogP contribution in [-0.2, 0) is 34.1 Å². The van der Waals surface area contributed by atoms with E-state index < -0.39 is 10.0 Å². The van der Waals surface area contributed by atoms with E-state index in [1.807, 2.05) is 12.1 Å². The highest BCUT2D eigenvalue weighted by Crippen LogP contribution is 2.26. The topological polar surface area (TPSA) is 93.2 Å². The number of anilines is 1. The van der Waals surface area contributed by atoms with Crippen molar-refractivity contribution in [3.8, 4) is 11.3 Å². The summed E-state index contributed by atoms with van der Waals surface area (Å²) >= 11 is 0. The van der Waals surface area contributed by atoms with Gasteiger partial charge in [0.1, 0.15) is 5.82 Å². The summed E-state index contributed by atoms with van der Waals surface area (Å²) < 4.78 is 31.8. The van der Waals surface area contributed by atoms with Gasteiger partial charge in [0.05, 0.1) is 17.2 Å². The number of rotatable bonds is 9. The molecule has 32 heavy (non-hydrogen) atoms. The van der Waals surface area contributed by atoms with Crippen molar-refractivity contribution in [1.82, 2.24) is 14.9 Å². The summed E-state index contributed by atoms with van der Waals surface area (Å²) in [4.78, 5) is 0.228. The highest BCUT2D eigenvalue weighted by molar-refractivity contribution is 7.89. The van der Waals surface area contributed by atoms with Gasteiger partial charge in [0.15, 0.2) is 0 Å². The smallest absolute Gasteiger partial charge is 0.240 e. The Morgan fingerprint density at radius 2 is 1.72 bits per heavy atom. The van der Waals surface area contributed by atoms with Gasteiger partial charge in [-0.2, -0.15) is 0 Å². The first-order valence-electron chi connectivity index (χ1n) is 10.8. The third-order valence-electron chi connectivity index (χ3n) is 5.61. The Kier molecular flexibility index (Phi) is 7.14. The zero-order valence-electron chi connectivity index (χ0n) is 18.2. The molecule has 2 N–H and O–H groups in total. The van der Waals surface area contributed by atoms with E-state index >= 15 is 0 Å². The molecule has 2 aromatic carbocycles. The predicted molar refractivity (Wildman–Crippen MR) is 125 cm³/mol. The van der Waals surface area contributed by atoms with Crippen LogP contribution in [0.3, 0.4) is 0 Å². The maximum atomic E-state index is 12.2. The molecule has 0 fully saturated rings. The first kappa shape index (κ1) is 22.4. The standard InChI is InChI=1S/C24H28N4O3S/c1-31-15-14-26-32(29,30)22-10-6-18(7-11-22)17-25-24-13-12-23(27-28-24)21-9-8-19-4-2-3-5-20(19)16-21/h6-13,16,26H,2-5,14-15,17H2,1H3,(H,25,28). The molecule has 0 radical (unpaired) electrons. The van der Waals surface area contributed by atoms with Gasteiger partial charge in [0.25, 0.3) is 0 Å². The van der Waals surface area contributed by atoms with E-state index in [0.29, 0.717) is 19.0 Å². The van der Waals surface area contributed by atoms with E-state index in [9.17, 15) is 8.42 Å². The molecule has 1 aromatic heterocycles. The summed E-state index contributed by atoms with van der Waals surface area (Å²) in [5, 5.41) is 11.9. The molecule has 0 unspecified atom stereocenters. The lowest BCUT2D eigenvalue weighted by Gasteiger charge is -2.16. The summed E-state index contributed by atoms with van der Waals surface area (Å²) in [7, 11) is -2.00. The summed E-state index contributed by atoms with van der Waals surface area (Å²) in [6, 6.07) is 17.2. The van der Waals surface area contributed by atoms with E-state index in [4.69, 9.17) is 4.74 Å². The van der Waals surface area contributed by atoms with Gasteiger partial charge in [-0.1, -0.05) is 24.3 Å². The monoisotopic (exact) mass is 452 g/mol. The third kappa shape index (κ3) is 5.51. The van der Waals surface area contributed by atoms with Crippen molar-refractivity contribution in [3.63, 3.8) is 0 Å². The number of hydrogen-bond acceptors (Lipinski definition) is 6. The van der Waals surface area contributed by atoms with E-state index in [1.54, 1.807) is 24.3 Å². The molecular formula is C24H28N4O3S. The van der Waals surface area contributed by atoms with E-state index in [2.05, 4.69) is 38.4 Å². The number of nitrogens with one attached hydrogen (secondary N) is 2. The second kappa shape index (κ2) is 10.2. The summed E-state index contributed by atoms with van der Waals surface area (Å²) in [5.41, 5.74) is 5.79. The van der Waals surface area contributed by atoms with Crippen molar-refractivity contribution >= 4 is 15.8 Å². The maximum absolute atomic E-state index is 12.2. The minimum atomic E-state index is -3.53. The second-order valence-corrected chi connectivity index (χ2v) is 9.65. The summed E-state index contributed by atoms with van der Waals surface area (Å²) in [6.45, 7) is 1.08. The Balaban J connectivity index is 1.35. The zero-order valence-corrected chi connectivity index (χ0v) is 19.0. The van der Waals surface area contributed by atoms with Crippen LogP contribution in [-0.4, -0.2) is 38.9 Å². The fourth-order valence-electron chi connectivity index (χ4n) is 3.81. The van der Waals surface area contributed by atoms with Crippen LogP contribution in [0.1, 0.15) is 29.5 Å². The van der Waals surface area contributed by atoms with E-state index in [0.717, 1.165) is 23.2 Å². The van der Waals surface area contributed by atoms with Crippen molar-refractivity contribution in [2.45, 2.75) is 37.1 Å². The third-order valence-corrected chi connectivity index (χ3v) is 7.09. The van der Waals surface area contributed by atoms with Gasteiger partial charge in [-0.05, 0) is 72.7 Å². The fourth-order valence-corrected chi connectivity index (χ4v) is 4.83. The minimum absolute atomic E-state index is 0.228. The SMILES string of the molecule is COCCNS(=O)(=O)c1ccc(CNc2ccc(-c3ccc4c(c3)CCCC4)nn2)cc1. The maximum Gasteiger partial charge on any atom is 0.240 e. The molecule has 0 saturated heterocycles. The first-order chi connectivity index (χ1) is 15.5. The van der Waals surface area contributed by atoms with Gasteiger partial charge in [-0.15, -0.1) is 10.2 Å². The van der Waals surface area contributed by atoms with Crippen molar-refractivity contribution < 1.29 is 13.2 Å². The molecule has 0 bridgehead atoms. The fraction of sp³-hybridized carbons (Fsp3) is 0.333. The highest BCUT2D eigenvalue weighted by atomic mass is 32.2. The van der Waals surface area contributed by atoms with Gasteiger partial charge in [0.2, 0.25) is 10.0 Å². The molecule has 168 valence electrons. The van der Waals surface area contributed by atoms with Crippen LogP contribution in [0.5, 0.6) is 0 Å². The van der Waals surface area contributed by atoms with Crippen LogP contribution in [0.25, 0.3) is 11.3 Å². The molecule has 0 amide bonds. The Labute approximate surface area is 189 Å². The molecule has 0 spiro atoms. The Morgan fingerprint density at radius 3 is 2.44 bits per heavy atom.